The van der Waals surface area contributed by atoms with Gasteiger partial charge in [0.2, 0.25) is 0 Å². The molecule has 3 rings (SSSR count). The third-order valence-corrected chi connectivity index (χ3v) is 4.49. The number of carbonyl (C=O) groups is 2. The van der Waals surface area contributed by atoms with Gasteiger partial charge in [0.1, 0.15) is 28.9 Å². The first-order valence-corrected chi connectivity index (χ1v) is 8.09. The van der Waals surface area contributed by atoms with Crippen LogP contribution in [0, 0.1) is 0 Å². The van der Waals surface area contributed by atoms with Crippen molar-refractivity contribution in [1.29, 1.82) is 0 Å². The zero-order valence-corrected chi connectivity index (χ0v) is 13.6. The molecular formula is C17H17ClO6. The molecule has 24 heavy (non-hydrogen) atoms. The molecule has 1 saturated heterocycles. The molecule has 2 aliphatic heterocycles. The molecule has 128 valence electrons. The number of phenols is 2. The van der Waals surface area contributed by atoms with E-state index in [0.29, 0.717) is 12.8 Å². The van der Waals surface area contributed by atoms with Crippen molar-refractivity contribution in [2.24, 2.45) is 0 Å². The van der Waals surface area contributed by atoms with Gasteiger partial charge in [-0.1, -0.05) is 23.8 Å². The first-order valence-electron chi connectivity index (χ1n) is 7.71. The van der Waals surface area contributed by atoms with Crippen molar-refractivity contribution in [2.45, 2.75) is 37.9 Å². The normalized spacial score (nSPS) is 25.9. The molecular weight excluding hydrogens is 336 g/mol. The van der Waals surface area contributed by atoms with Gasteiger partial charge in [-0.15, -0.1) is 0 Å². The zero-order valence-electron chi connectivity index (χ0n) is 12.8. The van der Waals surface area contributed by atoms with Gasteiger partial charge in [0.05, 0.1) is 17.7 Å². The highest BCUT2D eigenvalue weighted by Gasteiger charge is 2.36. The van der Waals surface area contributed by atoms with Crippen LogP contribution < -0.4 is 0 Å². The molecule has 1 aromatic rings. The summed E-state index contributed by atoms with van der Waals surface area (Å²) in [7, 11) is 0. The second-order valence-electron chi connectivity index (χ2n) is 5.83. The monoisotopic (exact) mass is 352 g/mol. The number of carbonyl (C=O) groups excluding carboxylic acids is 2. The number of hydrogen-bond acceptors (Lipinski definition) is 6. The molecule has 7 heteroatoms. The van der Waals surface area contributed by atoms with E-state index in [1.54, 1.807) is 0 Å². The highest BCUT2D eigenvalue weighted by atomic mass is 35.5. The topological polar surface area (TPSA) is 96.4 Å². The van der Waals surface area contributed by atoms with Crippen LogP contribution in [0.15, 0.2) is 18.2 Å². The maximum atomic E-state index is 12.3. The average Bonchev–Trinajstić information content (AvgIpc) is 3.26. The molecule has 2 unspecified atom stereocenters. The van der Waals surface area contributed by atoms with E-state index >= 15 is 0 Å². The number of benzene rings is 1. The molecule has 1 aromatic carbocycles. The van der Waals surface area contributed by atoms with Crippen LogP contribution in [0.2, 0.25) is 5.02 Å². The maximum Gasteiger partial charge on any atom is 0.342 e. The van der Waals surface area contributed by atoms with E-state index in [1.807, 2.05) is 12.2 Å². The summed E-state index contributed by atoms with van der Waals surface area (Å²) in [5.41, 5.74) is -0.0854. The van der Waals surface area contributed by atoms with E-state index in [9.17, 15) is 19.8 Å². The summed E-state index contributed by atoms with van der Waals surface area (Å²) >= 11 is 6.04. The number of ether oxygens (including phenoxy) is 2. The number of aromatic hydroxyl groups is 2. The van der Waals surface area contributed by atoms with Crippen LogP contribution in [0.4, 0.5) is 0 Å². The van der Waals surface area contributed by atoms with Crippen molar-refractivity contribution in [2.75, 3.05) is 6.61 Å². The molecule has 2 atom stereocenters. The predicted octanol–water partition coefficient (Wildman–Crippen LogP) is 2.53. The standard InChI is InChI=1S/C17H17ClO6/c18-16-10-7-9(19)3-1-2-4-13-14(24-13)5-6-23-17(22)15(10)11(20)8-12(16)21/h2,4,8,13-14,20-21H,1,3,5-7H2/b4-2-. The Kier molecular flexibility index (Phi) is 4.78. The lowest BCUT2D eigenvalue weighted by atomic mass is 9.98. The summed E-state index contributed by atoms with van der Waals surface area (Å²) < 4.78 is 10.6. The van der Waals surface area contributed by atoms with Crippen LogP contribution in [0.25, 0.3) is 0 Å². The first-order chi connectivity index (χ1) is 11.5. The van der Waals surface area contributed by atoms with Crippen molar-refractivity contribution in [3.8, 4) is 11.5 Å². The van der Waals surface area contributed by atoms with Gasteiger partial charge in [0, 0.05) is 30.9 Å². The number of rotatable bonds is 0. The largest absolute Gasteiger partial charge is 0.507 e. The summed E-state index contributed by atoms with van der Waals surface area (Å²) in [5, 5.41) is 19.7. The summed E-state index contributed by atoms with van der Waals surface area (Å²) in [6.07, 6.45) is 5.00. The molecule has 6 nitrogen and oxygen atoms in total. The quantitative estimate of drug-likeness (QED) is 0.423. The summed E-state index contributed by atoms with van der Waals surface area (Å²) in [4.78, 5) is 24.4. The Hall–Kier alpha value is -2.05. The van der Waals surface area contributed by atoms with Gasteiger partial charge in [-0.2, -0.15) is 0 Å². The van der Waals surface area contributed by atoms with Crippen molar-refractivity contribution in [1.82, 2.24) is 0 Å². The van der Waals surface area contributed by atoms with Crippen LogP contribution >= 0.6 is 11.6 Å². The summed E-state index contributed by atoms with van der Waals surface area (Å²) in [5.74, 6) is -1.78. The minimum absolute atomic E-state index is 0.00386. The van der Waals surface area contributed by atoms with Gasteiger partial charge in [-0.3, -0.25) is 4.79 Å². The molecule has 0 amide bonds. The SMILES string of the molecule is O=C1CC/C=C\C2OC2CCOC(=O)c2c(O)cc(O)c(Cl)c2C1. The molecule has 2 N–H and O–H groups in total. The van der Waals surface area contributed by atoms with Gasteiger partial charge < -0.3 is 19.7 Å². The Bertz CT molecular complexity index is 712. The molecule has 0 bridgehead atoms. The number of halogens is 1. The van der Waals surface area contributed by atoms with E-state index in [4.69, 9.17) is 21.1 Å². The number of allylic oxidation sites excluding steroid dienone is 1. The fourth-order valence-corrected chi connectivity index (χ4v) is 2.95. The lowest BCUT2D eigenvalue weighted by Gasteiger charge is -2.14. The number of hydrogen-bond donors (Lipinski definition) is 2. The number of phenolic OH excluding ortho intramolecular Hbond substituents is 2. The third kappa shape index (κ3) is 3.55. The van der Waals surface area contributed by atoms with Crippen molar-refractivity contribution < 1.29 is 29.3 Å². The van der Waals surface area contributed by atoms with E-state index < -0.39 is 11.7 Å². The van der Waals surface area contributed by atoms with Crippen LogP contribution in [0.5, 0.6) is 11.5 Å². The summed E-state index contributed by atoms with van der Waals surface area (Å²) in [6, 6.07) is 0.971. The molecule has 2 heterocycles. The highest BCUT2D eigenvalue weighted by molar-refractivity contribution is 6.33. The Morgan fingerprint density at radius 2 is 2.00 bits per heavy atom. The van der Waals surface area contributed by atoms with Crippen molar-refractivity contribution in [3.63, 3.8) is 0 Å². The van der Waals surface area contributed by atoms with Crippen molar-refractivity contribution >= 4 is 23.4 Å². The van der Waals surface area contributed by atoms with Gasteiger partial charge in [-0.25, -0.2) is 4.79 Å². The Labute approximate surface area is 143 Å². The van der Waals surface area contributed by atoms with E-state index in [0.717, 1.165) is 6.07 Å². The van der Waals surface area contributed by atoms with Crippen molar-refractivity contribution in [3.05, 3.63) is 34.4 Å². The van der Waals surface area contributed by atoms with Crippen LogP contribution in [-0.2, 0) is 20.7 Å². The zero-order chi connectivity index (χ0) is 17.3. The summed E-state index contributed by atoms with van der Waals surface area (Å²) in [6.45, 7) is 0.124. The molecule has 0 aromatic heterocycles. The second-order valence-corrected chi connectivity index (χ2v) is 6.21. The first kappa shape index (κ1) is 16.8. The molecule has 2 aliphatic rings. The van der Waals surface area contributed by atoms with Crippen LogP contribution in [0.3, 0.4) is 0 Å². The number of cyclic esters (lactones) is 1. The minimum atomic E-state index is -0.776. The molecule has 0 aliphatic carbocycles. The van der Waals surface area contributed by atoms with Crippen LogP contribution in [0.1, 0.15) is 35.2 Å². The minimum Gasteiger partial charge on any atom is -0.507 e. The average molecular weight is 353 g/mol. The fraction of sp³-hybridized carbons (Fsp3) is 0.412. The Morgan fingerprint density at radius 1 is 1.21 bits per heavy atom. The molecule has 0 radical (unpaired) electrons. The smallest absolute Gasteiger partial charge is 0.342 e. The van der Waals surface area contributed by atoms with Crippen LogP contribution in [-0.4, -0.2) is 40.8 Å². The Balaban J connectivity index is 1.93. The molecule has 0 spiro atoms. The molecule has 1 fully saturated rings. The van der Waals surface area contributed by atoms with Gasteiger partial charge in [-0.05, 0) is 6.42 Å². The lowest BCUT2D eigenvalue weighted by molar-refractivity contribution is -0.118. The van der Waals surface area contributed by atoms with Gasteiger partial charge in [0.15, 0.2) is 0 Å². The molecule has 0 saturated carbocycles. The lowest BCUT2D eigenvalue weighted by Crippen LogP contribution is -2.14. The number of fused-ring (bicyclic) bond motifs is 2. The van der Waals surface area contributed by atoms with E-state index in [-0.39, 0.29) is 59.3 Å². The number of ketones is 1. The van der Waals surface area contributed by atoms with E-state index in [1.165, 1.54) is 0 Å². The fourth-order valence-electron chi connectivity index (χ4n) is 2.74. The highest BCUT2D eigenvalue weighted by Crippen LogP contribution is 2.37. The number of Topliss-reactive ketones (excluding diaryl/α,β-unsaturated/α-hetero) is 1. The van der Waals surface area contributed by atoms with Gasteiger partial charge in [0.25, 0.3) is 0 Å². The maximum absolute atomic E-state index is 12.3. The Morgan fingerprint density at radius 3 is 2.79 bits per heavy atom. The predicted molar refractivity (Wildman–Crippen MR) is 85.4 cm³/mol. The third-order valence-electron chi connectivity index (χ3n) is 4.07. The number of esters is 1. The van der Waals surface area contributed by atoms with E-state index in [2.05, 4.69) is 0 Å². The number of epoxide rings is 1. The van der Waals surface area contributed by atoms with Gasteiger partial charge >= 0.3 is 5.97 Å². The second kappa shape index (κ2) is 6.83.